The Balaban J connectivity index is 1.91. The van der Waals surface area contributed by atoms with E-state index in [4.69, 9.17) is 5.73 Å². The van der Waals surface area contributed by atoms with Crippen molar-refractivity contribution in [1.82, 2.24) is 4.90 Å². The van der Waals surface area contributed by atoms with Gasteiger partial charge in [0.15, 0.2) is 0 Å². The Morgan fingerprint density at radius 1 is 1.55 bits per heavy atom. The molecule has 0 aliphatic carbocycles. The van der Waals surface area contributed by atoms with Gasteiger partial charge in [0.05, 0.1) is 6.54 Å². The van der Waals surface area contributed by atoms with Gasteiger partial charge in [-0.1, -0.05) is 15.9 Å². The van der Waals surface area contributed by atoms with E-state index in [0.29, 0.717) is 25.0 Å². The van der Waals surface area contributed by atoms with Crippen LogP contribution >= 0.6 is 15.9 Å². The van der Waals surface area contributed by atoms with E-state index in [0.717, 1.165) is 28.7 Å². The molecular weight excluding hydrogens is 318 g/mol. The van der Waals surface area contributed by atoms with Gasteiger partial charge in [-0.3, -0.25) is 9.69 Å². The zero-order valence-electron chi connectivity index (χ0n) is 12.0. The number of nitrogens with one attached hydrogen (secondary N) is 1. The fraction of sp³-hybridized carbons (Fsp3) is 0.533. The largest absolute Gasteiger partial charge is 0.330 e. The smallest absolute Gasteiger partial charge is 0.238 e. The predicted molar refractivity (Wildman–Crippen MR) is 85.7 cm³/mol. The first-order valence-corrected chi connectivity index (χ1v) is 7.79. The topological polar surface area (TPSA) is 58.4 Å². The molecule has 0 saturated carbocycles. The summed E-state index contributed by atoms with van der Waals surface area (Å²) in [5, 5.41) is 2.96. The fourth-order valence-corrected chi connectivity index (χ4v) is 2.96. The number of likely N-dealkylation sites (tertiary alicyclic amines) is 1. The van der Waals surface area contributed by atoms with Crippen molar-refractivity contribution in [2.75, 3.05) is 25.0 Å². The monoisotopic (exact) mass is 339 g/mol. The van der Waals surface area contributed by atoms with Gasteiger partial charge in [0.2, 0.25) is 5.91 Å². The predicted octanol–water partition coefficient (Wildman–Crippen LogP) is 2.37. The number of carbonyl (C=O) groups is 1. The van der Waals surface area contributed by atoms with E-state index in [1.54, 1.807) is 0 Å². The number of hydrogen-bond donors (Lipinski definition) is 2. The van der Waals surface area contributed by atoms with Crippen molar-refractivity contribution in [3.63, 3.8) is 0 Å². The van der Waals surface area contributed by atoms with Crippen LogP contribution in [0.15, 0.2) is 22.7 Å². The molecule has 0 aromatic heterocycles. The van der Waals surface area contributed by atoms with E-state index < -0.39 is 0 Å². The molecule has 1 heterocycles. The summed E-state index contributed by atoms with van der Waals surface area (Å²) in [6.07, 6.45) is 1.08. The van der Waals surface area contributed by atoms with E-state index in [9.17, 15) is 4.79 Å². The van der Waals surface area contributed by atoms with Crippen molar-refractivity contribution in [3.05, 3.63) is 28.2 Å². The molecule has 2 unspecified atom stereocenters. The maximum atomic E-state index is 12.1. The molecule has 0 bridgehead atoms. The third-order valence-corrected chi connectivity index (χ3v) is 4.80. The van der Waals surface area contributed by atoms with Gasteiger partial charge in [-0.2, -0.15) is 0 Å². The molecule has 5 heteroatoms. The van der Waals surface area contributed by atoms with E-state index in [2.05, 4.69) is 33.1 Å². The lowest BCUT2D eigenvalue weighted by Crippen LogP contribution is -2.36. The summed E-state index contributed by atoms with van der Waals surface area (Å²) in [7, 11) is 0. The minimum Gasteiger partial charge on any atom is -0.330 e. The Labute approximate surface area is 128 Å². The van der Waals surface area contributed by atoms with Crippen LogP contribution in [0.1, 0.15) is 18.9 Å². The lowest BCUT2D eigenvalue weighted by Gasteiger charge is -2.20. The summed E-state index contributed by atoms with van der Waals surface area (Å²) < 4.78 is 1.05. The van der Waals surface area contributed by atoms with Gasteiger partial charge < -0.3 is 11.1 Å². The Morgan fingerprint density at radius 2 is 2.30 bits per heavy atom. The Kier molecular flexibility index (Phi) is 5.18. The summed E-state index contributed by atoms with van der Waals surface area (Å²) in [5.41, 5.74) is 7.67. The normalized spacial score (nSPS) is 23.0. The number of rotatable bonds is 4. The molecule has 0 spiro atoms. The summed E-state index contributed by atoms with van der Waals surface area (Å²) in [4.78, 5) is 14.3. The summed E-state index contributed by atoms with van der Waals surface area (Å²) in [6.45, 7) is 6.23. The molecule has 1 amide bonds. The van der Waals surface area contributed by atoms with Crippen LogP contribution in [0.3, 0.4) is 0 Å². The molecule has 2 atom stereocenters. The van der Waals surface area contributed by atoms with E-state index in [1.807, 2.05) is 25.1 Å². The second-order valence-electron chi connectivity index (χ2n) is 5.63. The Morgan fingerprint density at radius 3 is 2.90 bits per heavy atom. The summed E-state index contributed by atoms with van der Waals surface area (Å²) in [6, 6.07) is 6.26. The van der Waals surface area contributed by atoms with Crippen molar-refractivity contribution in [2.45, 2.75) is 26.3 Å². The number of nitrogens with two attached hydrogens (primary N) is 1. The summed E-state index contributed by atoms with van der Waals surface area (Å²) in [5.74, 6) is 0.559. The number of nitrogens with zero attached hydrogens (tertiary/aromatic N) is 1. The SMILES string of the molecule is Cc1cc(NC(=O)CN2CC(CN)CC2C)ccc1Br. The average molecular weight is 340 g/mol. The van der Waals surface area contributed by atoms with Crippen molar-refractivity contribution < 1.29 is 4.79 Å². The van der Waals surface area contributed by atoms with Gasteiger partial charge in [-0.25, -0.2) is 0 Å². The van der Waals surface area contributed by atoms with Crippen LogP contribution in [-0.2, 0) is 4.79 Å². The van der Waals surface area contributed by atoms with Crippen LogP contribution < -0.4 is 11.1 Å². The lowest BCUT2D eigenvalue weighted by atomic mass is 10.1. The van der Waals surface area contributed by atoms with Crippen molar-refractivity contribution >= 4 is 27.5 Å². The molecule has 3 N–H and O–H groups in total. The molecule has 1 aromatic carbocycles. The van der Waals surface area contributed by atoms with Crippen LogP contribution in [0.25, 0.3) is 0 Å². The van der Waals surface area contributed by atoms with Gasteiger partial charge in [-0.05, 0) is 56.5 Å². The second kappa shape index (κ2) is 6.70. The first-order chi connectivity index (χ1) is 9.49. The molecule has 1 fully saturated rings. The van der Waals surface area contributed by atoms with Crippen LogP contribution in [-0.4, -0.2) is 36.5 Å². The molecule has 1 aliphatic heterocycles. The quantitative estimate of drug-likeness (QED) is 0.885. The zero-order chi connectivity index (χ0) is 14.7. The van der Waals surface area contributed by atoms with E-state index in [1.165, 1.54) is 0 Å². The molecular formula is C15H22BrN3O. The van der Waals surface area contributed by atoms with Gasteiger partial charge in [-0.15, -0.1) is 0 Å². The number of amides is 1. The standard InChI is InChI=1S/C15H22BrN3O/c1-10-5-13(3-4-14(10)16)18-15(20)9-19-8-12(7-17)6-11(19)2/h3-5,11-12H,6-9,17H2,1-2H3,(H,18,20). The molecule has 110 valence electrons. The third kappa shape index (κ3) is 3.81. The zero-order valence-corrected chi connectivity index (χ0v) is 13.6. The first-order valence-electron chi connectivity index (χ1n) is 6.99. The number of benzene rings is 1. The van der Waals surface area contributed by atoms with Crippen LogP contribution in [0.4, 0.5) is 5.69 Å². The maximum absolute atomic E-state index is 12.1. The summed E-state index contributed by atoms with van der Waals surface area (Å²) >= 11 is 3.46. The maximum Gasteiger partial charge on any atom is 0.238 e. The highest BCUT2D eigenvalue weighted by molar-refractivity contribution is 9.10. The number of anilines is 1. The molecule has 1 aromatic rings. The fourth-order valence-electron chi connectivity index (χ4n) is 2.72. The van der Waals surface area contributed by atoms with E-state index in [-0.39, 0.29) is 5.91 Å². The number of aryl methyl sites for hydroxylation is 1. The molecule has 0 radical (unpaired) electrons. The molecule has 2 rings (SSSR count). The van der Waals surface area contributed by atoms with Crippen LogP contribution in [0.2, 0.25) is 0 Å². The highest BCUT2D eigenvalue weighted by Gasteiger charge is 2.29. The van der Waals surface area contributed by atoms with Crippen LogP contribution in [0.5, 0.6) is 0 Å². The molecule has 1 saturated heterocycles. The van der Waals surface area contributed by atoms with Crippen molar-refractivity contribution in [2.24, 2.45) is 11.7 Å². The lowest BCUT2D eigenvalue weighted by molar-refractivity contribution is -0.117. The number of halogens is 1. The van der Waals surface area contributed by atoms with Gasteiger partial charge in [0, 0.05) is 22.7 Å². The first kappa shape index (κ1) is 15.5. The third-order valence-electron chi connectivity index (χ3n) is 3.91. The van der Waals surface area contributed by atoms with Crippen LogP contribution in [0, 0.1) is 12.8 Å². The molecule has 4 nitrogen and oxygen atoms in total. The Bertz CT molecular complexity index is 492. The second-order valence-corrected chi connectivity index (χ2v) is 6.48. The van der Waals surface area contributed by atoms with Gasteiger partial charge in [0.1, 0.15) is 0 Å². The number of hydrogen-bond acceptors (Lipinski definition) is 3. The minimum atomic E-state index is 0.0382. The van der Waals surface area contributed by atoms with E-state index >= 15 is 0 Å². The molecule has 1 aliphatic rings. The Hall–Kier alpha value is -0.910. The number of carbonyl (C=O) groups excluding carboxylic acids is 1. The molecule has 20 heavy (non-hydrogen) atoms. The van der Waals surface area contributed by atoms with Crippen molar-refractivity contribution in [1.29, 1.82) is 0 Å². The average Bonchev–Trinajstić information content (AvgIpc) is 2.74. The highest BCUT2D eigenvalue weighted by Crippen LogP contribution is 2.22. The van der Waals surface area contributed by atoms with Crippen molar-refractivity contribution in [3.8, 4) is 0 Å². The minimum absolute atomic E-state index is 0.0382. The highest BCUT2D eigenvalue weighted by atomic mass is 79.9. The van der Waals surface area contributed by atoms with Gasteiger partial charge >= 0.3 is 0 Å². The van der Waals surface area contributed by atoms with Gasteiger partial charge in [0.25, 0.3) is 0 Å².